The third-order valence-electron chi connectivity index (χ3n) is 8.49. The summed E-state index contributed by atoms with van der Waals surface area (Å²) in [6.07, 6.45) is 9.06. The number of rotatable bonds is 9. The zero-order valence-electron chi connectivity index (χ0n) is 26.1. The van der Waals surface area contributed by atoms with Crippen LogP contribution in [-0.4, -0.2) is 107 Å². The van der Waals surface area contributed by atoms with Crippen LogP contribution in [0.4, 0.5) is 34.6 Å². The molecule has 13 nitrogen and oxygen atoms in total. The van der Waals surface area contributed by atoms with Gasteiger partial charge >= 0.3 is 0 Å². The lowest BCUT2D eigenvalue weighted by molar-refractivity contribution is 0.0981. The summed E-state index contributed by atoms with van der Waals surface area (Å²) in [5, 5.41) is 16.4. The third-order valence-corrected chi connectivity index (χ3v) is 9.22. The monoisotopic (exact) mass is 626 g/mol. The van der Waals surface area contributed by atoms with Gasteiger partial charge in [-0.15, -0.1) is 0 Å². The molecular weight excluding hydrogens is 588 g/mol. The SMILES string of the molecule is COc1nc(N2CCC(N3CCN(C)CC3)CC2)ccc1Nc1ncc(C#N)c(Nc2ccc3nccnc3c2N(C)SC)n1. The number of hydrogen-bond donors (Lipinski definition) is 2. The van der Waals surface area contributed by atoms with Crippen molar-refractivity contribution in [3.63, 3.8) is 0 Å². The largest absolute Gasteiger partial charge is 0.479 e. The molecule has 6 rings (SSSR count). The van der Waals surface area contributed by atoms with E-state index in [1.165, 1.54) is 6.20 Å². The number of nitriles is 1. The van der Waals surface area contributed by atoms with Crippen molar-refractivity contribution >= 4 is 57.6 Å². The van der Waals surface area contributed by atoms with Crippen molar-refractivity contribution in [2.45, 2.75) is 18.9 Å². The van der Waals surface area contributed by atoms with Gasteiger partial charge in [-0.05, 0) is 44.2 Å². The van der Waals surface area contributed by atoms with Crippen LogP contribution in [0, 0.1) is 11.3 Å². The van der Waals surface area contributed by atoms with Gasteiger partial charge in [0.25, 0.3) is 0 Å². The molecule has 1 aromatic carbocycles. The molecule has 2 fully saturated rings. The molecule has 2 aliphatic heterocycles. The number of hydrogen-bond acceptors (Lipinski definition) is 14. The maximum Gasteiger partial charge on any atom is 0.239 e. The average Bonchev–Trinajstić information content (AvgIpc) is 3.08. The van der Waals surface area contributed by atoms with Gasteiger partial charge < -0.3 is 29.5 Å². The summed E-state index contributed by atoms with van der Waals surface area (Å²) >= 11 is 1.54. The zero-order chi connectivity index (χ0) is 31.3. The van der Waals surface area contributed by atoms with E-state index in [0.29, 0.717) is 34.9 Å². The van der Waals surface area contributed by atoms with Gasteiger partial charge in [0.05, 0.1) is 30.2 Å². The van der Waals surface area contributed by atoms with E-state index in [-0.39, 0.29) is 0 Å². The Kier molecular flexibility index (Phi) is 9.29. The van der Waals surface area contributed by atoms with E-state index < -0.39 is 0 Å². The normalized spacial score (nSPS) is 16.4. The predicted molar refractivity (Wildman–Crippen MR) is 180 cm³/mol. The number of fused-ring (bicyclic) bond motifs is 1. The van der Waals surface area contributed by atoms with E-state index >= 15 is 0 Å². The average molecular weight is 627 g/mol. The Bertz CT molecular complexity index is 1680. The summed E-state index contributed by atoms with van der Waals surface area (Å²) in [6.45, 7) is 6.50. The highest BCUT2D eigenvalue weighted by Gasteiger charge is 2.27. The number of methoxy groups -OCH3 is 1. The van der Waals surface area contributed by atoms with Crippen molar-refractivity contribution in [1.82, 2.24) is 34.7 Å². The van der Waals surface area contributed by atoms with E-state index in [2.05, 4.69) is 58.4 Å². The smallest absolute Gasteiger partial charge is 0.239 e. The summed E-state index contributed by atoms with van der Waals surface area (Å²) in [4.78, 5) is 30.3. The molecule has 0 spiro atoms. The van der Waals surface area contributed by atoms with Gasteiger partial charge in [0.15, 0.2) is 5.82 Å². The topological polar surface area (TPSA) is 134 Å². The van der Waals surface area contributed by atoms with Crippen LogP contribution in [0.2, 0.25) is 0 Å². The quantitative estimate of drug-likeness (QED) is 0.258. The van der Waals surface area contributed by atoms with Crippen molar-refractivity contribution < 1.29 is 4.74 Å². The number of likely N-dealkylation sites (N-methyl/N-ethyl adjacent to an activating group) is 1. The highest BCUT2D eigenvalue weighted by Crippen LogP contribution is 2.37. The van der Waals surface area contributed by atoms with E-state index in [1.807, 2.05) is 41.9 Å². The van der Waals surface area contributed by atoms with Crippen LogP contribution in [0.5, 0.6) is 5.88 Å². The molecule has 5 heterocycles. The van der Waals surface area contributed by atoms with E-state index in [9.17, 15) is 5.26 Å². The van der Waals surface area contributed by atoms with Crippen molar-refractivity contribution in [3.8, 4) is 11.9 Å². The Morgan fingerprint density at radius 2 is 1.71 bits per heavy atom. The number of nitrogens with zero attached hydrogens (tertiary/aromatic N) is 10. The molecule has 3 aromatic heterocycles. The molecule has 0 unspecified atom stereocenters. The summed E-state index contributed by atoms with van der Waals surface area (Å²) in [7, 11) is 5.76. The second-order valence-electron chi connectivity index (χ2n) is 11.2. The molecule has 234 valence electrons. The lowest BCUT2D eigenvalue weighted by Crippen LogP contribution is -2.52. The van der Waals surface area contributed by atoms with Crippen LogP contribution in [0.25, 0.3) is 11.0 Å². The number of piperazine rings is 1. The number of aromatic nitrogens is 5. The highest BCUT2D eigenvalue weighted by molar-refractivity contribution is 7.99. The fraction of sp³-hybridized carbons (Fsp3) is 0.419. The van der Waals surface area contributed by atoms with Crippen LogP contribution >= 0.6 is 11.9 Å². The van der Waals surface area contributed by atoms with Crippen molar-refractivity contribution in [2.24, 2.45) is 0 Å². The number of nitrogens with one attached hydrogen (secondary N) is 2. The Morgan fingerprint density at radius 1 is 0.956 bits per heavy atom. The number of anilines is 6. The lowest BCUT2D eigenvalue weighted by Gasteiger charge is -2.42. The fourth-order valence-electron chi connectivity index (χ4n) is 5.90. The van der Waals surface area contributed by atoms with Gasteiger partial charge in [-0.2, -0.15) is 15.2 Å². The van der Waals surface area contributed by atoms with Crippen molar-refractivity contribution in [2.75, 3.05) is 86.6 Å². The van der Waals surface area contributed by atoms with E-state index in [1.54, 1.807) is 31.5 Å². The molecule has 0 radical (unpaired) electrons. The first-order valence-corrected chi connectivity index (χ1v) is 16.2. The summed E-state index contributed by atoms with van der Waals surface area (Å²) in [5.74, 6) is 2.01. The highest BCUT2D eigenvalue weighted by atomic mass is 32.2. The first kappa shape index (κ1) is 30.6. The number of piperidine rings is 1. The predicted octanol–water partition coefficient (Wildman–Crippen LogP) is 4.11. The van der Waals surface area contributed by atoms with Crippen LogP contribution < -0.4 is 24.6 Å². The van der Waals surface area contributed by atoms with Gasteiger partial charge in [-0.25, -0.2) is 4.98 Å². The number of ether oxygens (including phenoxy) is 1. The molecule has 45 heavy (non-hydrogen) atoms. The summed E-state index contributed by atoms with van der Waals surface area (Å²) < 4.78 is 7.68. The lowest BCUT2D eigenvalue weighted by atomic mass is 10.0. The first-order chi connectivity index (χ1) is 22.0. The van der Waals surface area contributed by atoms with E-state index in [0.717, 1.165) is 80.3 Å². The maximum absolute atomic E-state index is 9.84. The number of benzene rings is 1. The first-order valence-electron chi connectivity index (χ1n) is 15.0. The molecule has 14 heteroatoms. The molecule has 0 aliphatic carbocycles. The van der Waals surface area contributed by atoms with Gasteiger partial charge in [0, 0.05) is 71.0 Å². The molecule has 0 amide bonds. The van der Waals surface area contributed by atoms with Gasteiger partial charge in [0.2, 0.25) is 11.8 Å². The molecule has 4 aromatic rings. The maximum atomic E-state index is 9.84. The molecule has 2 aliphatic rings. The molecular formula is C31H38N12OS. The second-order valence-corrected chi connectivity index (χ2v) is 12.1. The van der Waals surface area contributed by atoms with Crippen LogP contribution in [0.3, 0.4) is 0 Å². The summed E-state index contributed by atoms with van der Waals surface area (Å²) in [6, 6.07) is 10.6. The van der Waals surface area contributed by atoms with Crippen LogP contribution in [0.1, 0.15) is 18.4 Å². The Balaban J connectivity index is 1.19. The summed E-state index contributed by atoms with van der Waals surface area (Å²) in [5.41, 5.74) is 4.02. The fourth-order valence-corrected chi connectivity index (χ4v) is 6.27. The standard InChI is InChI=1S/C31H38N12OS/c1-40-15-17-42(18-16-40)22-9-13-43(14-10-22)26-8-7-25(30(38-26)44-3)37-31-35-20-21(19-32)29(39-31)36-24-6-5-23-27(34-12-11-33-23)28(24)41(2)45-4/h5-8,11-12,20,22H,9-10,13-18H2,1-4H3,(H2,35,36,37,39). The zero-order valence-corrected chi connectivity index (χ0v) is 26.9. The van der Waals surface area contributed by atoms with Crippen molar-refractivity contribution in [3.05, 3.63) is 48.4 Å². The molecule has 2 N–H and O–H groups in total. The van der Waals surface area contributed by atoms with Crippen LogP contribution in [0.15, 0.2) is 42.9 Å². The number of pyridine rings is 1. The van der Waals surface area contributed by atoms with E-state index in [4.69, 9.17) is 9.72 Å². The second kappa shape index (κ2) is 13.7. The molecule has 0 bridgehead atoms. The Hall–Kier alpha value is -4.45. The molecule has 0 saturated carbocycles. The minimum absolute atomic E-state index is 0.303. The molecule has 0 atom stereocenters. The Labute approximate surface area is 267 Å². The van der Waals surface area contributed by atoms with Gasteiger partial charge in [-0.1, -0.05) is 11.9 Å². The Morgan fingerprint density at radius 3 is 2.44 bits per heavy atom. The van der Waals surface area contributed by atoms with Gasteiger partial charge in [0.1, 0.15) is 28.7 Å². The third kappa shape index (κ3) is 6.65. The van der Waals surface area contributed by atoms with Crippen LogP contribution in [-0.2, 0) is 0 Å². The minimum Gasteiger partial charge on any atom is -0.479 e. The molecule has 2 saturated heterocycles. The minimum atomic E-state index is 0.303. The van der Waals surface area contributed by atoms with Gasteiger partial charge in [-0.3, -0.25) is 14.9 Å². The van der Waals surface area contributed by atoms with Crippen molar-refractivity contribution in [1.29, 1.82) is 5.26 Å².